The Kier molecular flexibility index (Phi) is 7.53. The predicted molar refractivity (Wildman–Crippen MR) is 66.7 cm³/mol. The molecule has 0 spiro atoms. The van der Waals surface area contributed by atoms with Crippen LogP contribution >= 0.6 is 12.6 Å². The second-order valence-electron chi connectivity index (χ2n) is 3.56. The van der Waals surface area contributed by atoms with Crippen molar-refractivity contribution in [2.45, 2.75) is 18.5 Å². The molecule has 0 aromatic rings. The summed E-state index contributed by atoms with van der Waals surface area (Å²) in [6.45, 7) is -0.597. The lowest BCUT2D eigenvalue weighted by atomic mass is 10.2. The number of hydrogen-bond donors (Lipinski definition) is 6. The van der Waals surface area contributed by atoms with Gasteiger partial charge in [0.05, 0.1) is 12.5 Å². The van der Waals surface area contributed by atoms with E-state index >= 15 is 0 Å². The van der Waals surface area contributed by atoms with E-state index in [0.717, 1.165) is 0 Å². The van der Waals surface area contributed by atoms with Gasteiger partial charge in [0.2, 0.25) is 11.8 Å². The topological polar surface area (TPSA) is 159 Å². The Morgan fingerprint density at radius 1 is 1.11 bits per heavy atom. The fraction of sp³-hybridized carbons (Fsp3) is 0.556. The zero-order valence-corrected chi connectivity index (χ0v) is 10.7. The molecule has 0 aliphatic rings. The number of rotatable bonds is 8. The van der Waals surface area contributed by atoms with E-state index in [0.29, 0.717) is 0 Å². The van der Waals surface area contributed by atoms with E-state index in [1.54, 1.807) is 0 Å². The van der Waals surface area contributed by atoms with Crippen LogP contribution in [-0.2, 0) is 19.2 Å². The molecule has 2 amide bonds. The molecule has 0 aliphatic carbocycles. The van der Waals surface area contributed by atoms with Crippen LogP contribution < -0.4 is 16.4 Å². The number of carboxylic acid groups (broad SMARTS) is 2. The van der Waals surface area contributed by atoms with Crippen molar-refractivity contribution >= 4 is 36.4 Å². The normalized spacial score (nSPS) is 13.2. The fourth-order valence-electron chi connectivity index (χ4n) is 1.04. The molecule has 0 radical (unpaired) electrons. The van der Waals surface area contributed by atoms with Crippen molar-refractivity contribution in [1.29, 1.82) is 0 Å². The summed E-state index contributed by atoms with van der Waals surface area (Å²) in [5, 5.41) is 21.1. The molecule has 0 aliphatic heterocycles. The first-order valence-electron chi connectivity index (χ1n) is 5.16. The van der Waals surface area contributed by atoms with Crippen molar-refractivity contribution in [3.8, 4) is 0 Å². The van der Waals surface area contributed by atoms with Gasteiger partial charge in [0.25, 0.3) is 0 Å². The van der Waals surface area contributed by atoms with Gasteiger partial charge < -0.3 is 26.6 Å². The van der Waals surface area contributed by atoms with Crippen molar-refractivity contribution in [2.75, 3.05) is 12.3 Å². The van der Waals surface area contributed by atoms with Crippen LogP contribution in [0.1, 0.15) is 6.42 Å². The Balaban J connectivity index is 4.38. The molecule has 6 N–H and O–H groups in total. The number of amides is 2. The molecule has 19 heavy (non-hydrogen) atoms. The lowest BCUT2D eigenvalue weighted by Crippen LogP contribution is -2.53. The summed E-state index contributed by atoms with van der Waals surface area (Å²) < 4.78 is 0. The van der Waals surface area contributed by atoms with E-state index in [1.807, 2.05) is 0 Å². The third-order valence-corrected chi connectivity index (χ3v) is 2.33. The van der Waals surface area contributed by atoms with Crippen molar-refractivity contribution in [2.24, 2.45) is 5.73 Å². The van der Waals surface area contributed by atoms with Crippen LogP contribution in [0.2, 0.25) is 0 Å². The Labute approximate surface area is 113 Å². The highest BCUT2D eigenvalue weighted by molar-refractivity contribution is 7.80. The second-order valence-corrected chi connectivity index (χ2v) is 3.92. The number of thiol groups is 1. The highest BCUT2D eigenvalue weighted by Crippen LogP contribution is 1.93. The number of carbonyl (C=O) groups excluding carboxylic acids is 2. The molecule has 0 heterocycles. The molecule has 10 heteroatoms. The Morgan fingerprint density at radius 3 is 2.11 bits per heavy atom. The van der Waals surface area contributed by atoms with Gasteiger partial charge in [-0.2, -0.15) is 12.6 Å². The summed E-state index contributed by atoms with van der Waals surface area (Å²) in [5.74, 6) is -4.14. The maximum Gasteiger partial charge on any atom is 0.322 e. The number of nitrogens with two attached hydrogens (primary N) is 1. The third kappa shape index (κ3) is 7.26. The van der Waals surface area contributed by atoms with Crippen molar-refractivity contribution < 1.29 is 29.4 Å². The standard InChI is InChI=1S/C9H15N3O6S/c10-4(1-6(13)14)8(17)12-5(3-19)9(18)11-2-7(15)16/h4-5,19H,1-3,10H2,(H,11,18)(H,12,17)(H,13,14)(H,15,16)/t4-,5+/m1/s1. The van der Waals surface area contributed by atoms with E-state index in [4.69, 9.17) is 15.9 Å². The summed E-state index contributed by atoms with van der Waals surface area (Å²) in [7, 11) is 0. The van der Waals surface area contributed by atoms with E-state index in [1.165, 1.54) is 0 Å². The average Bonchev–Trinajstić information content (AvgIpc) is 2.31. The van der Waals surface area contributed by atoms with Gasteiger partial charge in [-0.15, -0.1) is 0 Å². The highest BCUT2D eigenvalue weighted by atomic mass is 32.1. The summed E-state index contributed by atoms with van der Waals surface area (Å²) in [5.41, 5.74) is 5.30. The molecule has 108 valence electrons. The summed E-state index contributed by atoms with van der Waals surface area (Å²) in [6, 6.07) is -2.39. The SMILES string of the molecule is N[C@H](CC(=O)O)C(=O)N[C@@H](CS)C(=O)NCC(=O)O. The molecular weight excluding hydrogens is 278 g/mol. The van der Waals surface area contributed by atoms with Gasteiger partial charge in [-0.3, -0.25) is 19.2 Å². The maximum absolute atomic E-state index is 11.5. The smallest absolute Gasteiger partial charge is 0.322 e. The zero-order chi connectivity index (χ0) is 15.0. The molecule has 9 nitrogen and oxygen atoms in total. The molecule has 2 atom stereocenters. The molecule has 0 aromatic carbocycles. The van der Waals surface area contributed by atoms with Gasteiger partial charge in [0.1, 0.15) is 12.6 Å². The first-order valence-corrected chi connectivity index (χ1v) is 5.79. The lowest BCUT2D eigenvalue weighted by molar-refractivity contribution is -0.140. The van der Waals surface area contributed by atoms with Crippen LogP contribution in [0.25, 0.3) is 0 Å². The van der Waals surface area contributed by atoms with Gasteiger partial charge in [-0.25, -0.2) is 0 Å². The molecule has 0 fully saturated rings. The number of hydrogen-bond acceptors (Lipinski definition) is 6. The average molecular weight is 293 g/mol. The second kappa shape index (κ2) is 8.32. The van der Waals surface area contributed by atoms with Crippen molar-refractivity contribution in [1.82, 2.24) is 10.6 Å². The highest BCUT2D eigenvalue weighted by Gasteiger charge is 2.24. The monoisotopic (exact) mass is 293 g/mol. The zero-order valence-electron chi connectivity index (χ0n) is 9.83. The summed E-state index contributed by atoms with van der Waals surface area (Å²) in [6.07, 6.45) is -0.581. The van der Waals surface area contributed by atoms with Crippen molar-refractivity contribution in [3.05, 3.63) is 0 Å². The van der Waals surface area contributed by atoms with Crippen LogP contribution in [0.4, 0.5) is 0 Å². The molecule has 0 saturated carbocycles. The molecule has 0 saturated heterocycles. The Bertz CT molecular complexity index is 375. The predicted octanol–water partition coefficient (Wildman–Crippen LogP) is -2.60. The van der Waals surface area contributed by atoms with Gasteiger partial charge >= 0.3 is 11.9 Å². The van der Waals surface area contributed by atoms with Crippen molar-refractivity contribution in [3.63, 3.8) is 0 Å². The number of nitrogens with one attached hydrogen (secondary N) is 2. The Morgan fingerprint density at radius 2 is 1.68 bits per heavy atom. The largest absolute Gasteiger partial charge is 0.481 e. The summed E-state index contributed by atoms with van der Waals surface area (Å²) >= 11 is 3.83. The maximum atomic E-state index is 11.5. The van der Waals surface area contributed by atoms with Crippen LogP contribution in [0.3, 0.4) is 0 Å². The molecule has 0 aromatic heterocycles. The van der Waals surface area contributed by atoms with Crippen LogP contribution in [-0.4, -0.2) is 58.3 Å². The molecular formula is C9H15N3O6S. The first kappa shape index (κ1) is 17.2. The summed E-state index contributed by atoms with van der Waals surface area (Å²) in [4.78, 5) is 43.5. The first-order chi connectivity index (χ1) is 8.77. The van der Waals surface area contributed by atoms with Crippen LogP contribution in [0, 0.1) is 0 Å². The quantitative estimate of drug-likeness (QED) is 0.268. The van der Waals surface area contributed by atoms with Crippen LogP contribution in [0.5, 0.6) is 0 Å². The third-order valence-electron chi connectivity index (χ3n) is 1.96. The van der Waals surface area contributed by atoms with Gasteiger partial charge in [0.15, 0.2) is 0 Å². The number of carboxylic acids is 2. The minimum absolute atomic E-state index is 0.0863. The minimum Gasteiger partial charge on any atom is -0.481 e. The fourth-order valence-corrected chi connectivity index (χ4v) is 1.30. The molecule has 0 bridgehead atoms. The molecule has 0 rings (SSSR count). The van der Waals surface area contributed by atoms with E-state index < -0.39 is 48.8 Å². The van der Waals surface area contributed by atoms with Gasteiger partial charge in [-0.05, 0) is 0 Å². The van der Waals surface area contributed by atoms with Crippen LogP contribution in [0.15, 0.2) is 0 Å². The number of aliphatic carboxylic acids is 2. The lowest BCUT2D eigenvalue weighted by Gasteiger charge is -2.17. The van der Waals surface area contributed by atoms with E-state index in [2.05, 4.69) is 23.3 Å². The van der Waals surface area contributed by atoms with E-state index in [-0.39, 0.29) is 5.75 Å². The number of carbonyl (C=O) groups is 4. The van der Waals surface area contributed by atoms with Gasteiger partial charge in [0, 0.05) is 5.75 Å². The van der Waals surface area contributed by atoms with E-state index in [9.17, 15) is 19.2 Å². The molecule has 0 unspecified atom stereocenters. The minimum atomic E-state index is -1.30. The Hall–Kier alpha value is -1.81. The van der Waals surface area contributed by atoms with Gasteiger partial charge in [-0.1, -0.05) is 0 Å².